The van der Waals surface area contributed by atoms with Crippen molar-refractivity contribution in [1.29, 1.82) is 0 Å². The van der Waals surface area contributed by atoms with Gasteiger partial charge in [0.05, 0.1) is 0 Å². The van der Waals surface area contributed by atoms with Gasteiger partial charge in [-0.2, -0.15) is 0 Å². The number of alkyl carbamates (subject to hydrolysis) is 1. The van der Waals surface area contributed by atoms with Crippen molar-refractivity contribution in [3.63, 3.8) is 0 Å². The first-order chi connectivity index (χ1) is 15.2. The summed E-state index contributed by atoms with van der Waals surface area (Å²) in [5.41, 5.74) is 3.22. The topological polar surface area (TPSA) is 95.9 Å². The van der Waals surface area contributed by atoms with Crippen LogP contribution in [0.1, 0.15) is 50.7 Å². The highest BCUT2D eigenvalue weighted by Crippen LogP contribution is 2.44. The zero-order chi connectivity index (χ0) is 23.5. The van der Waals surface area contributed by atoms with Gasteiger partial charge in [0.25, 0.3) is 0 Å². The van der Waals surface area contributed by atoms with E-state index in [4.69, 9.17) is 4.74 Å². The maximum Gasteiger partial charge on any atom is 0.407 e. The van der Waals surface area contributed by atoms with Gasteiger partial charge in [-0.05, 0) is 42.5 Å². The molecule has 1 aliphatic carbocycles. The van der Waals surface area contributed by atoms with Crippen LogP contribution in [-0.4, -0.2) is 53.2 Å². The summed E-state index contributed by atoms with van der Waals surface area (Å²) in [5, 5.41) is 12.1. The Balaban J connectivity index is 1.61. The molecule has 0 heterocycles. The molecule has 3 rings (SSSR count). The zero-order valence-electron chi connectivity index (χ0n) is 18.9. The second kappa shape index (κ2) is 9.42. The maximum atomic E-state index is 12.6. The van der Waals surface area contributed by atoms with E-state index in [9.17, 15) is 19.5 Å². The van der Waals surface area contributed by atoms with Crippen LogP contribution >= 0.6 is 0 Å². The Morgan fingerprint density at radius 2 is 1.59 bits per heavy atom. The summed E-state index contributed by atoms with van der Waals surface area (Å²) >= 11 is 0. The lowest BCUT2D eigenvalue weighted by molar-refractivity contribution is -0.155. The number of carboxylic acid groups (broad SMARTS) is 1. The number of aliphatic carboxylic acids is 1. The van der Waals surface area contributed by atoms with Gasteiger partial charge in [0.1, 0.15) is 12.1 Å². The minimum absolute atomic E-state index is 0.00605. The van der Waals surface area contributed by atoms with Crippen molar-refractivity contribution in [3.05, 3.63) is 59.7 Å². The molecule has 2 N–H and O–H groups in total. The number of hydrogen-bond donors (Lipinski definition) is 2. The first-order valence-corrected chi connectivity index (χ1v) is 10.8. The van der Waals surface area contributed by atoms with E-state index in [0.717, 1.165) is 22.3 Å². The molecule has 0 aromatic heterocycles. The number of rotatable bonds is 8. The molecule has 0 unspecified atom stereocenters. The van der Waals surface area contributed by atoms with Gasteiger partial charge in [-0.15, -0.1) is 0 Å². The predicted octanol–water partition coefficient (Wildman–Crippen LogP) is 4.02. The number of benzene rings is 2. The molecule has 0 radical (unpaired) electrons. The SMILES string of the molecule is CC[C@@H](CC(=O)N(C)C(C)(C)C(=O)O)NC(=O)OCC1c2ccccc2-c2ccccc21. The molecule has 0 fully saturated rings. The quantitative estimate of drug-likeness (QED) is 0.649. The van der Waals surface area contributed by atoms with Crippen molar-refractivity contribution < 1.29 is 24.2 Å². The second-order valence-corrected chi connectivity index (χ2v) is 8.60. The fourth-order valence-corrected chi connectivity index (χ4v) is 3.91. The van der Waals surface area contributed by atoms with Crippen LogP contribution in [0.4, 0.5) is 4.79 Å². The molecule has 2 aromatic rings. The summed E-state index contributed by atoms with van der Waals surface area (Å²) in [6.07, 6.45) is -0.0859. The molecule has 0 saturated heterocycles. The third-order valence-electron chi connectivity index (χ3n) is 6.32. The first-order valence-electron chi connectivity index (χ1n) is 10.8. The highest BCUT2D eigenvalue weighted by Gasteiger charge is 2.36. The summed E-state index contributed by atoms with van der Waals surface area (Å²) in [4.78, 5) is 37.6. The molecule has 0 aliphatic heterocycles. The Labute approximate surface area is 188 Å². The van der Waals surface area contributed by atoms with Gasteiger partial charge < -0.3 is 20.1 Å². The summed E-state index contributed by atoms with van der Waals surface area (Å²) in [6, 6.07) is 15.7. The fourth-order valence-electron chi connectivity index (χ4n) is 3.91. The molecule has 7 heteroatoms. The average molecular weight is 439 g/mol. The van der Waals surface area contributed by atoms with Crippen molar-refractivity contribution in [1.82, 2.24) is 10.2 Å². The maximum absolute atomic E-state index is 12.6. The first kappa shape index (κ1) is 23.3. The van der Waals surface area contributed by atoms with Crippen LogP contribution in [0.15, 0.2) is 48.5 Å². The van der Waals surface area contributed by atoms with Crippen molar-refractivity contribution >= 4 is 18.0 Å². The van der Waals surface area contributed by atoms with E-state index < -0.39 is 23.6 Å². The average Bonchev–Trinajstić information content (AvgIpc) is 3.10. The van der Waals surface area contributed by atoms with E-state index in [1.165, 1.54) is 25.8 Å². The monoisotopic (exact) mass is 438 g/mol. The highest BCUT2D eigenvalue weighted by atomic mass is 16.5. The van der Waals surface area contributed by atoms with Gasteiger partial charge >= 0.3 is 12.1 Å². The smallest absolute Gasteiger partial charge is 0.407 e. The van der Waals surface area contributed by atoms with Crippen LogP contribution in [0.3, 0.4) is 0 Å². The Morgan fingerprint density at radius 3 is 2.09 bits per heavy atom. The Kier molecular flexibility index (Phi) is 6.87. The molecule has 0 saturated carbocycles. The van der Waals surface area contributed by atoms with E-state index in [1.54, 1.807) is 0 Å². The number of ether oxygens (including phenoxy) is 1. The summed E-state index contributed by atoms with van der Waals surface area (Å²) in [6.45, 7) is 4.97. The van der Waals surface area contributed by atoms with Gasteiger partial charge in [-0.1, -0.05) is 55.5 Å². The number of carboxylic acids is 1. The van der Waals surface area contributed by atoms with Crippen molar-refractivity contribution in [3.8, 4) is 11.1 Å². The van der Waals surface area contributed by atoms with E-state index in [2.05, 4.69) is 29.6 Å². The molecule has 0 bridgehead atoms. The molecule has 32 heavy (non-hydrogen) atoms. The van der Waals surface area contributed by atoms with Crippen molar-refractivity contribution in [2.45, 2.75) is 51.1 Å². The fraction of sp³-hybridized carbons (Fsp3) is 0.400. The molecule has 1 atom stereocenters. The van der Waals surface area contributed by atoms with Gasteiger partial charge in [0.15, 0.2) is 0 Å². The van der Waals surface area contributed by atoms with Gasteiger partial charge in [-0.3, -0.25) is 4.79 Å². The van der Waals surface area contributed by atoms with Gasteiger partial charge in [-0.25, -0.2) is 9.59 Å². The molecular weight excluding hydrogens is 408 g/mol. The van der Waals surface area contributed by atoms with E-state index in [1.807, 2.05) is 31.2 Å². The van der Waals surface area contributed by atoms with Gasteiger partial charge in [0, 0.05) is 25.4 Å². The molecule has 2 aromatic carbocycles. The summed E-state index contributed by atoms with van der Waals surface area (Å²) in [7, 11) is 1.45. The zero-order valence-corrected chi connectivity index (χ0v) is 18.9. The number of fused-ring (bicyclic) bond motifs is 3. The van der Waals surface area contributed by atoms with Crippen molar-refractivity contribution in [2.24, 2.45) is 0 Å². The van der Waals surface area contributed by atoms with Crippen molar-refractivity contribution in [2.75, 3.05) is 13.7 Å². The normalized spacial score (nSPS) is 13.6. The van der Waals surface area contributed by atoms with Crippen LogP contribution < -0.4 is 5.32 Å². The highest BCUT2D eigenvalue weighted by molar-refractivity contribution is 5.86. The number of hydrogen-bond acceptors (Lipinski definition) is 4. The Morgan fingerprint density at radius 1 is 1.06 bits per heavy atom. The number of nitrogens with one attached hydrogen (secondary N) is 1. The van der Waals surface area contributed by atoms with Crippen LogP contribution in [0.25, 0.3) is 11.1 Å². The lowest BCUT2D eigenvalue weighted by Crippen LogP contribution is -2.52. The number of nitrogens with zero attached hydrogens (tertiary/aromatic N) is 1. The molecule has 2 amide bonds. The third kappa shape index (κ3) is 4.61. The molecular formula is C25H30N2O5. The molecule has 1 aliphatic rings. The number of amides is 2. The Bertz CT molecular complexity index is 971. The lowest BCUT2D eigenvalue weighted by Gasteiger charge is -2.32. The third-order valence-corrected chi connectivity index (χ3v) is 6.32. The number of carbonyl (C=O) groups is 3. The Hall–Kier alpha value is -3.35. The number of likely N-dealkylation sites (N-methyl/N-ethyl adjacent to an activating group) is 1. The van der Waals surface area contributed by atoms with E-state index >= 15 is 0 Å². The van der Waals surface area contributed by atoms with Crippen LogP contribution in [0.2, 0.25) is 0 Å². The molecule has 7 nitrogen and oxygen atoms in total. The van der Waals surface area contributed by atoms with E-state index in [-0.39, 0.29) is 24.9 Å². The van der Waals surface area contributed by atoms with Gasteiger partial charge in [0.2, 0.25) is 5.91 Å². The predicted molar refractivity (Wildman–Crippen MR) is 121 cm³/mol. The number of carbonyl (C=O) groups excluding carboxylic acids is 2. The largest absolute Gasteiger partial charge is 0.480 e. The van der Waals surface area contributed by atoms with Crippen LogP contribution in [0.5, 0.6) is 0 Å². The minimum atomic E-state index is -1.33. The van der Waals surface area contributed by atoms with Crippen LogP contribution in [-0.2, 0) is 14.3 Å². The lowest BCUT2D eigenvalue weighted by atomic mass is 9.98. The summed E-state index contributed by atoms with van der Waals surface area (Å²) in [5.74, 6) is -1.49. The molecule has 170 valence electrons. The summed E-state index contributed by atoms with van der Waals surface area (Å²) < 4.78 is 5.55. The molecule has 0 spiro atoms. The standard InChI is InChI=1S/C25H30N2O5/c1-5-16(14-22(28)27(4)25(2,3)23(29)30)26-24(31)32-15-21-19-12-8-6-10-17(19)18-11-7-9-13-20(18)21/h6-13,16,21H,5,14-15H2,1-4H3,(H,26,31)(H,29,30)/t16-/m0/s1. The van der Waals surface area contributed by atoms with E-state index in [0.29, 0.717) is 6.42 Å². The second-order valence-electron chi connectivity index (χ2n) is 8.60. The van der Waals surface area contributed by atoms with Crippen LogP contribution in [0, 0.1) is 0 Å². The minimum Gasteiger partial charge on any atom is -0.480 e.